The maximum atomic E-state index is 13.5. The molecule has 8 nitrogen and oxygen atoms in total. The van der Waals surface area contributed by atoms with Crippen LogP contribution >= 0.6 is 0 Å². The highest BCUT2D eigenvalue weighted by molar-refractivity contribution is 5.85. The fourth-order valence-electron chi connectivity index (χ4n) is 3.20. The zero-order valence-corrected chi connectivity index (χ0v) is 15.1. The molecule has 0 bridgehead atoms. The van der Waals surface area contributed by atoms with Crippen LogP contribution in [0.2, 0.25) is 0 Å². The lowest BCUT2D eigenvalue weighted by Gasteiger charge is -2.12. The Morgan fingerprint density at radius 3 is 2.68 bits per heavy atom. The Labute approximate surface area is 160 Å². The van der Waals surface area contributed by atoms with E-state index in [4.69, 9.17) is 0 Å². The molecule has 144 valence electrons. The van der Waals surface area contributed by atoms with Gasteiger partial charge in [-0.2, -0.15) is 10.1 Å². The van der Waals surface area contributed by atoms with Crippen molar-refractivity contribution in [2.75, 3.05) is 5.32 Å². The maximum absolute atomic E-state index is 13.5. The molecular weight excluding hydrogens is 361 g/mol. The van der Waals surface area contributed by atoms with Gasteiger partial charge in [0.05, 0.1) is 11.6 Å². The number of hydrogen-bond acceptors (Lipinski definition) is 7. The van der Waals surface area contributed by atoms with Gasteiger partial charge in [-0.15, -0.1) is 0 Å². The number of anilines is 1. The summed E-state index contributed by atoms with van der Waals surface area (Å²) in [5.41, 5.74) is 1.33. The minimum Gasteiger partial charge on any atom is -0.367 e. The highest BCUT2D eigenvalue weighted by Crippen LogP contribution is 2.24. The van der Waals surface area contributed by atoms with Gasteiger partial charge in [0, 0.05) is 6.04 Å². The molecule has 1 aromatic carbocycles. The minimum atomic E-state index is -1.31. The molecule has 3 heterocycles. The van der Waals surface area contributed by atoms with Gasteiger partial charge >= 0.3 is 0 Å². The number of halogens is 1. The van der Waals surface area contributed by atoms with Gasteiger partial charge in [-0.1, -0.05) is 48.3 Å². The third-order valence-corrected chi connectivity index (χ3v) is 4.64. The number of aromatic amines is 1. The largest absolute Gasteiger partial charge is 0.367 e. The van der Waals surface area contributed by atoms with Crippen LogP contribution in [0.1, 0.15) is 43.2 Å². The van der Waals surface area contributed by atoms with Crippen molar-refractivity contribution in [3.05, 3.63) is 60.6 Å². The second kappa shape index (κ2) is 8.55. The first-order valence-corrected chi connectivity index (χ1v) is 9.17. The third-order valence-electron chi connectivity index (χ3n) is 4.64. The van der Waals surface area contributed by atoms with Crippen molar-refractivity contribution in [1.82, 2.24) is 30.3 Å². The highest BCUT2D eigenvalue weighted by atomic mass is 19.1. The van der Waals surface area contributed by atoms with Gasteiger partial charge in [0.25, 0.3) is 0 Å². The Balaban J connectivity index is 0.000000139. The molecule has 1 saturated carbocycles. The van der Waals surface area contributed by atoms with E-state index in [0.29, 0.717) is 11.6 Å². The summed E-state index contributed by atoms with van der Waals surface area (Å²) in [5.74, 6) is 0.965. The Kier molecular flexibility index (Phi) is 5.51. The number of fused-ring (bicyclic) bond motifs is 1. The SMILES string of the molecule is FC(c1ccccc1)c1ncon1.c1nc(NC2CCCC2)c2cn[nH]c2n1. The molecule has 5 rings (SSSR count). The molecule has 2 N–H and O–H groups in total. The van der Waals surface area contributed by atoms with Crippen LogP contribution in [0.4, 0.5) is 10.2 Å². The van der Waals surface area contributed by atoms with Gasteiger partial charge in [-0.3, -0.25) is 5.10 Å². The summed E-state index contributed by atoms with van der Waals surface area (Å²) in [7, 11) is 0. The van der Waals surface area contributed by atoms with Crippen molar-refractivity contribution in [1.29, 1.82) is 0 Å². The van der Waals surface area contributed by atoms with E-state index >= 15 is 0 Å². The van der Waals surface area contributed by atoms with Crippen LogP contribution in [0.3, 0.4) is 0 Å². The van der Waals surface area contributed by atoms with Gasteiger partial charge in [-0.25, -0.2) is 14.4 Å². The van der Waals surface area contributed by atoms with Crippen LogP contribution in [-0.4, -0.2) is 36.3 Å². The van der Waals surface area contributed by atoms with Crippen LogP contribution in [0.5, 0.6) is 0 Å². The van der Waals surface area contributed by atoms with E-state index in [1.807, 2.05) is 6.07 Å². The lowest BCUT2D eigenvalue weighted by Crippen LogP contribution is -2.15. The molecule has 0 aliphatic heterocycles. The number of hydrogen-bond donors (Lipinski definition) is 2. The molecule has 0 saturated heterocycles. The van der Waals surface area contributed by atoms with Crippen molar-refractivity contribution in [3.63, 3.8) is 0 Å². The Bertz CT molecular complexity index is 984. The average Bonchev–Trinajstić information content (AvgIpc) is 3.50. The monoisotopic (exact) mass is 381 g/mol. The van der Waals surface area contributed by atoms with Gasteiger partial charge in [0.15, 0.2) is 11.8 Å². The summed E-state index contributed by atoms with van der Waals surface area (Å²) < 4.78 is 18.0. The normalized spacial score (nSPS) is 15.2. The quantitative estimate of drug-likeness (QED) is 0.553. The van der Waals surface area contributed by atoms with Crippen molar-refractivity contribution >= 4 is 16.9 Å². The fourth-order valence-corrected chi connectivity index (χ4v) is 3.20. The molecule has 4 aromatic rings. The van der Waals surface area contributed by atoms with E-state index in [-0.39, 0.29) is 5.82 Å². The molecule has 0 spiro atoms. The van der Waals surface area contributed by atoms with E-state index in [1.165, 1.54) is 25.7 Å². The number of alkyl halides is 1. The molecule has 0 amide bonds. The van der Waals surface area contributed by atoms with Crippen molar-refractivity contribution in [2.24, 2.45) is 0 Å². The number of benzene rings is 1. The molecular formula is C19H20FN7O. The standard InChI is InChI=1S/C10H13N5.C9H7FN2O/c1-2-4-7(3-1)14-9-8-5-13-15-10(8)12-6-11-9;10-8(9-11-6-13-12-9)7-4-2-1-3-5-7/h5-7H,1-4H2,(H2,11,12,13,14,15);1-6,8H. The summed E-state index contributed by atoms with van der Waals surface area (Å²) >= 11 is 0. The molecule has 1 fully saturated rings. The second-order valence-electron chi connectivity index (χ2n) is 6.54. The van der Waals surface area contributed by atoms with Gasteiger partial charge < -0.3 is 9.84 Å². The van der Waals surface area contributed by atoms with Gasteiger partial charge in [0.2, 0.25) is 12.2 Å². The molecule has 3 aromatic heterocycles. The lowest BCUT2D eigenvalue weighted by molar-refractivity contribution is 0.351. The van der Waals surface area contributed by atoms with E-state index < -0.39 is 6.17 Å². The van der Waals surface area contributed by atoms with E-state index in [9.17, 15) is 4.39 Å². The van der Waals surface area contributed by atoms with Crippen molar-refractivity contribution in [3.8, 4) is 0 Å². The molecule has 1 aliphatic rings. The van der Waals surface area contributed by atoms with E-state index in [0.717, 1.165) is 23.2 Å². The summed E-state index contributed by atoms with van der Waals surface area (Å²) in [6.45, 7) is 0. The van der Waals surface area contributed by atoms with Crippen LogP contribution < -0.4 is 5.32 Å². The summed E-state index contributed by atoms with van der Waals surface area (Å²) in [6.07, 6.45) is 8.26. The number of H-pyrrole nitrogens is 1. The van der Waals surface area contributed by atoms with Gasteiger partial charge in [-0.05, 0) is 18.4 Å². The molecule has 1 unspecified atom stereocenters. The van der Waals surface area contributed by atoms with Crippen LogP contribution in [0.15, 0.2) is 53.8 Å². The van der Waals surface area contributed by atoms with Crippen molar-refractivity contribution < 1.29 is 8.91 Å². The topological polar surface area (TPSA) is 105 Å². The van der Waals surface area contributed by atoms with E-state index in [2.05, 4.69) is 40.1 Å². The smallest absolute Gasteiger partial charge is 0.213 e. The predicted octanol–water partition coefficient (Wildman–Crippen LogP) is 3.84. The van der Waals surface area contributed by atoms with Crippen LogP contribution in [0, 0.1) is 0 Å². The lowest BCUT2D eigenvalue weighted by atomic mass is 10.1. The predicted molar refractivity (Wildman–Crippen MR) is 101 cm³/mol. The molecule has 28 heavy (non-hydrogen) atoms. The summed E-state index contributed by atoms with van der Waals surface area (Å²) in [5, 5.41) is 14.7. The average molecular weight is 381 g/mol. The molecule has 9 heteroatoms. The number of nitrogens with zero attached hydrogens (tertiary/aromatic N) is 5. The van der Waals surface area contributed by atoms with Crippen LogP contribution in [0.25, 0.3) is 11.0 Å². The van der Waals surface area contributed by atoms with Crippen molar-refractivity contribution in [2.45, 2.75) is 37.9 Å². The fraction of sp³-hybridized carbons (Fsp3) is 0.316. The second-order valence-corrected chi connectivity index (χ2v) is 6.54. The Hall–Kier alpha value is -3.36. The zero-order chi connectivity index (χ0) is 19.2. The minimum absolute atomic E-state index is 0.0613. The molecule has 0 radical (unpaired) electrons. The number of nitrogens with one attached hydrogen (secondary N) is 2. The Morgan fingerprint density at radius 2 is 1.93 bits per heavy atom. The molecule has 1 aliphatic carbocycles. The van der Waals surface area contributed by atoms with Crippen LogP contribution in [-0.2, 0) is 0 Å². The first-order valence-electron chi connectivity index (χ1n) is 9.17. The number of aromatic nitrogens is 6. The number of rotatable bonds is 4. The summed E-state index contributed by atoms with van der Waals surface area (Å²) in [6, 6.07) is 9.29. The molecule has 1 atom stereocenters. The first kappa shape index (κ1) is 18.0. The first-order chi connectivity index (χ1) is 13.8. The Morgan fingerprint density at radius 1 is 1.11 bits per heavy atom. The maximum Gasteiger partial charge on any atom is 0.213 e. The highest BCUT2D eigenvalue weighted by Gasteiger charge is 2.17. The zero-order valence-electron chi connectivity index (χ0n) is 15.1. The summed E-state index contributed by atoms with van der Waals surface area (Å²) in [4.78, 5) is 12.0. The van der Waals surface area contributed by atoms with Gasteiger partial charge in [0.1, 0.15) is 12.1 Å². The van der Waals surface area contributed by atoms with E-state index in [1.54, 1.807) is 36.8 Å². The third kappa shape index (κ3) is 4.13.